The van der Waals surface area contributed by atoms with Gasteiger partial charge in [0.25, 0.3) is 0 Å². The molecule has 0 atom stereocenters. The number of hydrogen-bond donors (Lipinski definition) is 2. The highest BCUT2D eigenvalue weighted by molar-refractivity contribution is 6.08. The molecular formula is C27H21F5N6O4. The molecule has 0 aliphatic heterocycles. The summed E-state index contributed by atoms with van der Waals surface area (Å²) in [6.07, 6.45) is 0.170. The molecule has 0 aliphatic carbocycles. The van der Waals surface area contributed by atoms with Crippen LogP contribution in [-0.4, -0.2) is 55.6 Å². The zero-order chi connectivity index (χ0) is 29.9. The van der Waals surface area contributed by atoms with E-state index in [4.69, 9.17) is 4.74 Å². The van der Waals surface area contributed by atoms with Gasteiger partial charge in [-0.1, -0.05) is 11.3 Å². The highest BCUT2D eigenvalue weighted by Crippen LogP contribution is 2.31. The van der Waals surface area contributed by atoms with Gasteiger partial charge in [-0.05, 0) is 35.9 Å². The van der Waals surface area contributed by atoms with Gasteiger partial charge in [-0.15, -0.1) is 18.3 Å². The Bertz CT molecular complexity index is 1740. The van der Waals surface area contributed by atoms with E-state index in [2.05, 4.69) is 30.3 Å². The highest BCUT2D eigenvalue weighted by Gasteiger charge is 2.34. The number of carboxylic acids is 1. The topological polar surface area (TPSA) is 124 Å². The molecule has 0 fully saturated rings. The quantitative estimate of drug-likeness (QED) is 0.129. The summed E-state index contributed by atoms with van der Waals surface area (Å²) in [6, 6.07) is 7.96. The van der Waals surface area contributed by atoms with Gasteiger partial charge in [-0.3, -0.25) is 4.98 Å². The Balaban J connectivity index is 1.15. The van der Waals surface area contributed by atoms with E-state index >= 15 is 0 Å². The van der Waals surface area contributed by atoms with Crippen LogP contribution in [0.5, 0.6) is 11.6 Å². The number of hydrogen-bond acceptors (Lipinski definition) is 8. The Morgan fingerprint density at radius 1 is 1.05 bits per heavy atom. The van der Waals surface area contributed by atoms with Crippen LogP contribution in [0.1, 0.15) is 21.6 Å². The van der Waals surface area contributed by atoms with Crippen LogP contribution in [0.15, 0.2) is 55.0 Å². The zero-order valence-electron chi connectivity index (χ0n) is 21.5. The van der Waals surface area contributed by atoms with E-state index in [1.54, 1.807) is 35.4 Å². The SMILES string of the molecule is O=C(O)c1ccc2c(c1)nc(OCCn1cc(CCNCc3cc(F)c(OC(F)(F)F)c(F)c3)nn1)c1ccncc12. The maximum atomic E-state index is 13.9. The van der Waals surface area contributed by atoms with Gasteiger partial charge in [0.05, 0.1) is 23.3 Å². The fourth-order valence-corrected chi connectivity index (χ4v) is 4.24. The summed E-state index contributed by atoms with van der Waals surface area (Å²) in [5.41, 5.74) is 1.28. The molecule has 15 heteroatoms. The minimum Gasteiger partial charge on any atom is -0.478 e. The van der Waals surface area contributed by atoms with Gasteiger partial charge >= 0.3 is 12.3 Å². The molecule has 0 bridgehead atoms. The van der Waals surface area contributed by atoms with Crippen molar-refractivity contribution < 1.29 is 41.3 Å². The molecule has 0 amide bonds. The van der Waals surface area contributed by atoms with Crippen LogP contribution in [-0.2, 0) is 19.5 Å². The van der Waals surface area contributed by atoms with Crippen LogP contribution < -0.4 is 14.8 Å². The predicted molar refractivity (Wildman–Crippen MR) is 138 cm³/mol. The largest absolute Gasteiger partial charge is 0.573 e. The van der Waals surface area contributed by atoms with Gasteiger partial charge in [0.2, 0.25) is 11.6 Å². The molecule has 2 aromatic carbocycles. The lowest BCUT2D eigenvalue weighted by atomic mass is 10.1. The number of carbonyl (C=O) groups is 1. The summed E-state index contributed by atoms with van der Waals surface area (Å²) < 4.78 is 75.5. The van der Waals surface area contributed by atoms with Crippen LogP contribution in [0, 0.1) is 11.6 Å². The second-order valence-electron chi connectivity index (χ2n) is 9.06. The number of aromatic carboxylic acids is 1. The van der Waals surface area contributed by atoms with E-state index in [0.717, 1.165) is 22.9 Å². The molecule has 5 aromatic rings. The summed E-state index contributed by atoms with van der Waals surface area (Å²) in [6.45, 7) is 0.852. The van der Waals surface area contributed by atoms with Crippen molar-refractivity contribution in [3.63, 3.8) is 0 Å². The number of benzene rings is 2. The molecule has 0 spiro atoms. The van der Waals surface area contributed by atoms with Gasteiger partial charge < -0.3 is 19.9 Å². The number of alkyl halides is 3. The number of nitrogens with zero attached hydrogens (tertiary/aromatic N) is 5. The van der Waals surface area contributed by atoms with E-state index in [1.807, 2.05) is 0 Å². The molecule has 3 heterocycles. The molecule has 5 rings (SSSR count). The molecular weight excluding hydrogens is 567 g/mol. The van der Waals surface area contributed by atoms with Crippen molar-refractivity contribution in [1.29, 1.82) is 0 Å². The standard InChI is InChI=1S/C27H21F5N6O4/c28-21-9-15(10-22(29)24(21)42-27(30,31)32)12-33-5-3-17-14-38(37-36-17)7-8-41-25-19-4-6-34-13-20(19)18-2-1-16(26(39)40)11-23(18)35-25/h1-2,4,6,9-11,13-14,33H,3,5,7-8,12H2,(H,39,40). The minimum absolute atomic E-state index is 0.00168. The Kier molecular flexibility index (Phi) is 8.10. The smallest absolute Gasteiger partial charge is 0.478 e. The van der Waals surface area contributed by atoms with Gasteiger partial charge in [0, 0.05) is 54.3 Å². The lowest BCUT2D eigenvalue weighted by Gasteiger charge is -2.12. The molecule has 42 heavy (non-hydrogen) atoms. The first-order valence-corrected chi connectivity index (χ1v) is 12.4. The summed E-state index contributed by atoms with van der Waals surface area (Å²) in [7, 11) is 0. The Hall–Kier alpha value is -4.92. The first-order valence-electron chi connectivity index (χ1n) is 12.4. The Labute approximate surface area is 233 Å². The fourth-order valence-electron chi connectivity index (χ4n) is 4.24. The van der Waals surface area contributed by atoms with Crippen molar-refractivity contribution in [2.75, 3.05) is 13.2 Å². The van der Waals surface area contributed by atoms with E-state index in [-0.39, 0.29) is 24.3 Å². The van der Waals surface area contributed by atoms with Crippen LogP contribution in [0.3, 0.4) is 0 Å². The van der Waals surface area contributed by atoms with E-state index in [0.29, 0.717) is 42.0 Å². The predicted octanol–water partition coefficient (Wildman–Crippen LogP) is 4.66. The number of nitrogens with one attached hydrogen (secondary N) is 1. The molecule has 0 saturated heterocycles. The third-order valence-electron chi connectivity index (χ3n) is 6.12. The number of fused-ring (bicyclic) bond motifs is 3. The molecule has 218 valence electrons. The number of carboxylic acid groups (broad SMARTS) is 1. The van der Waals surface area contributed by atoms with E-state index < -0.39 is 29.7 Å². The second-order valence-corrected chi connectivity index (χ2v) is 9.06. The molecule has 2 N–H and O–H groups in total. The van der Waals surface area contributed by atoms with E-state index in [1.165, 1.54) is 12.1 Å². The summed E-state index contributed by atoms with van der Waals surface area (Å²) >= 11 is 0. The maximum absolute atomic E-state index is 13.9. The van der Waals surface area contributed by atoms with Gasteiger partial charge in [-0.2, -0.15) is 0 Å². The van der Waals surface area contributed by atoms with E-state index in [9.17, 15) is 31.9 Å². The molecule has 0 radical (unpaired) electrons. The van der Waals surface area contributed by atoms with Crippen molar-refractivity contribution >= 4 is 27.6 Å². The highest BCUT2D eigenvalue weighted by atomic mass is 19.4. The number of rotatable bonds is 11. The summed E-state index contributed by atoms with van der Waals surface area (Å²) in [5, 5.41) is 22.6. The summed E-state index contributed by atoms with van der Waals surface area (Å²) in [4.78, 5) is 20.1. The molecule has 0 unspecified atom stereocenters. The first-order chi connectivity index (χ1) is 20.1. The third-order valence-corrected chi connectivity index (χ3v) is 6.12. The van der Waals surface area contributed by atoms with Crippen molar-refractivity contribution in [3.8, 4) is 11.6 Å². The minimum atomic E-state index is -5.21. The number of halogens is 5. The molecule has 0 saturated carbocycles. The van der Waals surface area contributed by atoms with Crippen molar-refractivity contribution in [1.82, 2.24) is 30.3 Å². The van der Waals surface area contributed by atoms with Crippen LogP contribution in [0.4, 0.5) is 22.0 Å². The average Bonchev–Trinajstić information content (AvgIpc) is 3.40. The molecule has 0 aliphatic rings. The molecule has 3 aromatic heterocycles. The number of aromatic nitrogens is 5. The van der Waals surface area contributed by atoms with Crippen LogP contribution in [0.25, 0.3) is 21.7 Å². The summed E-state index contributed by atoms with van der Waals surface area (Å²) in [5.74, 6) is -5.16. The Morgan fingerprint density at radius 3 is 2.57 bits per heavy atom. The van der Waals surface area contributed by atoms with Crippen LogP contribution >= 0.6 is 0 Å². The third kappa shape index (κ3) is 6.68. The zero-order valence-corrected chi connectivity index (χ0v) is 21.5. The van der Waals surface area contributed by atoms with Gasteiger partial charge in [-0.25, -0.2) is 23.2 Å². The monoisotopic (exact) mass is 588 g/mol. The van der Waals surface area contributed by atoms with Crippen molar-refractivity contribution in [3.05, 3.63) is 83.4 Å². The lowest BCUT2D eigenvalue weighted by molar-refractivity contribution is -0.276. The van der Waals surface area contributed by atoms with Crippen LogP contribution in [0.2, 0.25) is 0 Å². The number of ether oxygens (including phenoxy) is 2. The lowest BCUT2D eigenvalue weighted by Crippen LogP contribution is -2.20. The van der Waals surface area contributed by atoms with Crippen molar-refractivity contribution in [2.45, 2.75) is 25.9 Å². The fraction of sp³-hybridized carbons (Fsp3) is 0.222. The second kappa shape index (κ2) is 11.9. The van der Waals surface area contributed by atoms with Gasteiger partial charge in [0.1, 0.15) is 6.61 Å². The normalized spacial score (nSPS) is 11.7. The average molecular weight is 588 g/mol. The maximum Gasteiger partial charge on any atom is 0.573 e. The Morgan fingerprint density at radius 2 is 1.83 bits per heavy atom. The molecule has 10 nitrogen and oxygen atoms in total. The number of pyridine rings is 2. The van der Waals surface area contributed by atoms with Gasteiger partial charge in [0.15, 0.2) is 11.6 Å². The van der Waals surface area contributed by atoms with Crippen molar-refractivity contribution in [2.24, 2.45) is 0 Å². The first kappa shape index (κ1) is 28.6.